The van der Waals surface area contributed by atoms with E-state index in [1.165, 1.54) is 4.31 Å². The van der Waals surface area contributed by atoms with Crippen molar-refractivity contribution in [3.8, 4) is 0 Å². The lowest BCUT2D eigenvalue weighted by Gasteiger charge is -2.36. The summed E-state index contributed by atoms with van der Waals surface area (Å²) in [5, 5.41) is 0. The molecule has 1 fully saturated rings. The maximum atomic E-state index is 13.2. The van der Waals surface area contributed by atoms with Crippen molar-refractivity contribution in [1.82, 2.24) is 4.31 Å². The van der Waals surface area contributed by atoms with Gasteiger partial charge < -0.3 is 0 Å². The zero-order chi connectivity index (χ0) is 17.6. The molecule has 1 aliphatic heterocycles. The Bertz CT molecular complexity index is 828. The van der Waals surface area contributed by atoms with Crippen molar-refractivity contribution in [3.63, 3.8) is 0 Å². The lowest BCUT2D eigenvalue weighted by Crippen LogP contribution is -2.50. The third-order valence-corrected chi connectivity index (χ3v) is 8.89. The normalized spacial score (nSPS) is 24.3. The summed E-state index contributed by atoms with van der Waals surface area (Å²) < 4.78 is 51.5. The van der Waals surface area contributed by atoms with Crippen molar-refractivity contribution in [3.05, 3.63) is 28.8 Å². The van der Waals surface area contributed by atoms with Gasteiger partial charge in [-0.2, -0.15) is 4.31 Å². The van der Waals surface area contributed by atoms with E-state index < -0.39 is 25.4 Å². The molecular weight excluding hydrogens is 334 g/mol. The highest BCUT2D eigenvalue weighted by molar-refractivity contribution is 7.92. The van der Waals surface area contributed by atoms with Crippen LogP contribution in [0.5, 0.6) is 0 Å². The van der Waals surface area contributed by atoms with E-state index >= 15 is 0 Å². The molecule has 2 rings (SSSR count). The van der Waals surface area contributed by atoms with E-state index in [4.69, 9.17) is 0 Å². The Hall–Kier alpha value is -0.920. The van der Waals surface area contributed by atoms with Crippen LogP contribution in [0.25, 0.3) is 0 Å². The number of rotatable bonds is 4. The number of sulfone groups is 1. The molecule has 1 heterocycles. The average Bonchev–Trinajstić information content (AvgIpc) is 2.68. The van der Waals surface area contributed by atoms with Gasteiger partial charge in [-0.1, -0.05) is 13.0 Å². The van der Waals surface area contributed by atoms with Gasteiger partial charge in [-0.3, -0.25) is 0 Å². The minimum atomic E-state index is -3.74. The van der Waals surface area contributed by atoms with E-state index in [9.17, 15) is 16.8 Å². The second-order valence-corrected chi connectivity index (χ2v) is 10.7. The first kappa shape index (κ1) is 18.4. The predicted octanol–water partition coefficient (Wildman–Crippen LogP) is 2.20. The third-order valence-electron chi connectivity index (χ3n) is 4.73. The standard InChI is InChI=1S/C16H25NO4S2/c1-6-17(16(5)7-8-22(18,19)11-16)23(20,21)15-10-13(3)12(2)9-14(15)4/h9-10H,6-8,11H2,1-5H3/t16-/m0/s1. The Morgan fingerprint density at radius 2 is 1.70 bits per heavy atom. The topological polar surface area (TPSA) is 71.5 Å². The number of hydrogen-bond acceptors (Lipinski definition) is 4. The molecule has 0 radical (unpaired) electrons. The summed E-state index contributed by atoms with van der Waals surface area (Å²) in [6, 6.07) is 3.55. The van der Waals surface area contributed by atoms with Crippen LogP contribution in [0.1, 0.15) is 37.0 Å². The van der Waals surface area contributed by atoms with Crippen LogP contribution in [0.2, 0.25) is 0 Å². The van der Waals surface area contributed by atoms with E-state index in [1.54, 1.807) is 26.8 Å². The second-order valence-electron chi connectivity index (χ2n) is 6.71. The van der Waals surface area contributed by atoms with Crippen LogP contribution in [0.3, 0.4) is 0 Å². The Morgan fingerprint density at radius 1 is 1.13 bits per heavy atom. The largest absolute Gasteiger partial charge is 0.243 e. The van der Waals surface area contributed by atoms with Crippen molar-refractivity contribution < 1.29 is 16.8 Å². The first-order valence-corrected chi connectivity index (χ1v) is 11.0. The lowest BCUT2D eigenvalue weighted by molar-refractivity contribution is 0.243. The van der Waals surface area contributed by atoms with Crippen LogP contribution in [0, 0.1) is 20.8 Å². The highest BCUT2D eigenvalue weighted by Crippen LogP contribution is 2.35. The number of benzene rings is 1. The number of aryl methyl sites for hydroxylation is 3. The van der Waals surface area contributed by atoms with Crippen LogP contribution in [0.4, 0.5) is 0 Å². The van der Waals surface area contributed by atoms with Gasteiger partial charge in [0.1, 0.15) is 0 Å². The molecule has 130 valence electrons. The highest BCUT2D eigenvalue weighted by atomic mass is 32.2. The fraction of sp³-hybridized carbons (Fsp3) is 0.625. The molecule has 0 amide bonds. The van der Waals surface area contributed by atoms with E-state index in [0.717, 1.165) is 11.1 Å². The molecular formula is C16H25NO4S2. The predicted molar refractivity (Wildman–Crippen MR) is 91.9 cm³/mol. The van der Waals surface area contributed by atoms with Crippen LogP contribution in [-0.4, -0.2) is 44.7 Å². The van der Waals surface area contributed by atoms with Crippen molar-refractivity contribution >= 4 is 19.9 Å². The van der Waals surface area contributed by atoms with Crippen molar-refractivity contribution in [1.29, 1.82) is 0 Å². The maximum absolute atomic E-state index is 13.2. The van der Waals surface area contributed by atoms with Crippen molar-refractivity contribution in [2.45, 2.75) is 51.5 Å². The summed E-state index contributed by atoms with van der Waals surface area (Å²) in [7, 11) is -6.93. The van der Waals surface area contributed by atoms with Gasteiger partial charge in [0.25, 0.3) is 0 Å². The summed E-state index contributed by atoms with van der Waals surface area (Å²) >= 11 is 0. The fourth-order valence-corrected chi connectivity index (χ4v) is 7.69. The van der Waals surface area contributed by atoms with Gasteiger partial charge in [0.15, 0.2) is 9.84 Å². The van der Waals surface area contributed by atoms with E-state index in [-0.39, 0.29) is 22.9 Å². The summed E-state index contributed by atoms with van der Waals surface area (Å²) in [5.41, 5.74) is 1.77. The highest BCUT2D eigenvalue weighted by Gasteiger charge is 2.47. The average molecular weight is 360 g/mol. The molecule has 0 bridgehead atoms. The smallest absolute Gasteiger partial charge is 0.229 e. The van der Waals surface area contributed by atoms with Gasteiger partial charge in [0.2, 0.25) is 10.0 Å². The fourth-order valence-electron chi connectivity index (χ4n) is 3.36. The molecule has 1 saturated heterocycles. The Labute approximate surface area is 139 Å². The minimum absolute atomic E-state index is 0.0431. The van der Waals surface area contributed by atoms with Crippen LogP contribution >= 0.6 is 0 Å². The molecule has 0 saturated carbocycles. The van der Waals surface area contributed by atoms with Crippen LogP contribution < -0.4 is 0 Å². The van der Waals surface area contributed by atoms with Crippen molar-refractivity contribution in [2.75, 3.05) is 18.1 Å². The number of nitrogens with zero attached hydrogens (tertiary/aromatic N) is 1. The molecule has 1 atom stereocenters. The van der Waals surface area contributed by atoms with Gasteiger partial charge in [0, 0.05) is 12.1 Å². The Morgan fingerprint density at radius 3 is 2.17 bits per heavy atom. The van der Waals surface area contributed by atoms with Gasteiger partial charge in [-0.05, 0) is 56.9 Å². The Balaban J connectivity index is 2.55. The summed E-state index contributed by atoms with van der Waals surface area (Å²) in [5.74, 6) is -0.0710. The number of hydrogen-bond donors (Lipinski definition) is 0. The molecule has 1 aromatic rings. The van der Waals surface area contributed by atoms with Gasteiger partial charge in [-0.25, -0.2) is 16.8 Å². The SMILES string of the molecule is CCN([C@@]1(C)CCS(=O)(=O)C1)S(=O)(=O)c1cc(C)c(C)cc1C. The Kier molecular flexibility index (Phi) is 4.69. The second kappa shape index (κ2) is 5.86. The number of sulfonamides is 1. The molecule has 0 aliphatic carbocycles. The minimum Gasteiger partial charge on any atom is -0.229 e. The van der Waals surface area contributed by atoms with Gasteiger partial charge >= 0.3 is 0 Å². The molecule has 0 aromatic heterocycles. The zero-order valence-electron chi connectivity index (χ0n) is 14.4. The monoisotopic (exact) mass is 359 g/mol. The molecule has 0 N–H and O–H groups in total. The van der Waals surface area contributed by atoms with E-state index in [0.29, 0.717) is 12.0 Å². The van der Waals surface area contributed by atoms with Gasteiger partial charge in [0.05, 0.1) is 16.4 Å². The maximum Gasteiger partial charge on any atom is 0.243 e. The molecule has 23 heavy (non-hydrogen) atoms. The van der Waals surface area contributed by atoms with Crippen molar-refractivity contribution in [2.24, 2.45) is 0 Å². The van der Waals surface area contributed by atoms with E-state index in [1.807, 2.05) is 19.9 Å². The van der Waals surface area contributed by atoms with Crippen LogP contribution in [-0.2, 0) is 19.9 Å². The first-order valence-electron chi connectivity index (χ1n) is 7.74. The molecule has 0 spiro atoms. The van der Waals surface area contributed by atoms with E-state index in [2.05, 4.69) is 0 Å². The summed E-state index contributed by atoms with van der Waals surface area (Å²) in [6.45, 7) is 9.34. The molecule has 5 nitrogen and oxygen atoms in total. The zero-order valence-corrected chi connectivity index (χ0v) is 16.0. The van der Waals surface area contributed by atoms with Gasteiger partial charge in [-0.15, -0.1) is 0 Å². The molecule has 7 heteroatoms. The third kappa shape index (κ3) is 3.32. The first-order chi connectivity index (χ1) is 10.4. The molecule has 1 aliphatic rings. The molecule has 0 unspecified atom stereocenters. The summed E-state index contributed by atoms with van der Waals surface area (Å²) in [6.07, 6.45) is 0.340. The van der Waals surface area contributed by atoms with Crippen LogP contribution in [0.15, 0.2) is 17.0 Å². The lowest BCUT2D eigenvalue weighted by atomic mass is 10.0. The molecule has 1 aromatic carbocycles. The quantitative estimate of drug-likeness (QED) is 0.826. The summed E-state index contributed by atoms with van der Waals surface area (Å²) in [4.78, 5) is 0.271.